The van der Waals surface area contributed by atoms with Crippen molar-refractivity contribution in [1.29, 1.82) is 0 Å². The summed E-state index contributed by atoms with van der Waals surface area (Å²) < 4.78 is 0. The van der Waals surface area contributed by atoms with Gasteiger partial charge in [-0.05, 0) is 50.4 Å². The molecule has 4 atom stereocenters. The molecule has 22 heavy (non-hydrogen) atoms. The third-order valence-corrected chi connectivity index (χ3v) is 4.78. The first-order chi connectivity index (χ1) is 10.5. The van der Waals surface area contributed by atoms with Crippen molar-refractivity contribution >= 4 is 11.9 Å². The predicted molar refractivity (Wildman–Crippen MR) is 80.3 cm³/mol. The van der Waals surface area contributed by atoms with Crippen LogP contribution < -0.4 is 0 Å². The Morgan fingerprint density at radius 3 is 1.50 bits per heavy atom. The summed E-state index contributed by atoms with van der Waals surface area (Å²) in [6.45, 7) is 0.604. The van der Waals surface area contributed by atoms with Gasteiger partial charge in [0.2, 0.25) is 0 Å². The molecule has 0 saturated heterocycles. The molecule has 2 aliphatic rings. The van der Waals surface area contributed by atoms with Crippen LogP contribution in [0.15, 0.2) is 0 Å². The smallest absolute Gasteiger partial charge is 0.306 e. The monoisotopic (exact) mass is 316 g/mol. The number of aliphatic hydroxyl groups is 2. The molecule has 2 saturated carbocycles. The van der Waals surface area contributed by atoms with Crippen LogP contribution in [0, 0.1) is 23.7 Å². The highest BCUT2D eigenvalue weighted by molar-refractivity contribution is 5.74. The lowest BCUT2D eigenvalue weighted by atomic mass is 9.81. The molecule has 4 unspecified atom stereocenters. The minimum Gasteiger partial charge on any atom is -0.481 e. The predicted octanol–water partition coefficient (Wildman–Crippen LogP) is 1.74. The van der Waals surface area contributed by atoms with Crippen LogP contribution >= 0.6 is 0 Å². The molecule has 4 N–H and O–H groups in total. The van der Waals surface area contributed by atoms with Crippen molar-refractivity contribution in [2.45, 2.75) is 51.4 Å². The van der Waals surface area contributed by atoms with Gasteiger partial charge < -0.3 is 20.4 Å². The highest BCUT2D eigenvalue weighted by atomic mass is 16.4. The van der Waals surface area contributed by atoms with Crippen molar-refractivity contribution in [1.82, 2.24) is 0 Å². The Kier molecular flexibility index (Phi) is 8.42. The number of aliphatic hydroxyl groups excluding tert-OH is 2. The molecule has 0 spiro atoms. The van der Waals surface area contributed by atoms with Crippen LogP contribution in [0.1, 0.15) is 51.4 Å². The zero-order valence-electron chi connectivity index (χ0n) is 13.0. The minimum atomic E-state index is -0.860. The standard InChI is InChI=1S/C8H12O4.C8H16O2/c9-7(10)5-2-1-3-6(4-5)8(11)12;9-5-7-2-1-3-8(4-7)6-10/h5-6H,1-4H2,(H,9,10)(H,11,12);7-10H,1-6H2. The van der Waals surface area contributed by atoms with Gasteiger partial charge in [-0.25, -0.2) is 0 Å². The second kappa shape index (κ2) is 9.79. The van der Waals surface area contributed by atoms with E-state index in [4.69, 9.17) is 20.4 Å². The van der Waals surface area contributed by atoms with Gasteiger partial charge in [-0.1, -0.05) is 12.8 Å². The number of carbonyl (C=O) groups is 2. The van der Waals surface area contributed by atoms with Gasteiger partial charge in [-0.15, -0.1) is 0 Å². The van der Waals surface area contributed by atoms with Crippen molar-refractivity contribution in [3.05, 3.63) is 0 Å². The third-order valence-electron chi connectivity index (χ3n) is 4.78. The normalized spacial score (nSPS) is 31.7. The first-order valence-electron chi connectivity index (χ1n) is 8.15. The molecule has 0 bridgehead atoms. The molecular formula is C16H28O6. The van der Waals surface area contributed by atoms with E-state index in [2.05, 4.69) is 0 Å². The molecule has 0 aromatic rings. The van der Waals surface area contributed by atoms with Gasteiger partial charge in [-0.3, -0.25) is 9.59 Å². The fourth-order valence-corrected chi connectivity index (χ4v) is 3.37. The second-order valence-electron chi connectivity index (χ2n) is 6.50. The number of rotatable bonds is 4. The van der Waals surface area contributed by atoms with Gasteiger partial charge in [0.05, 0.1) is 11.8 Å². The van der Waals surface area contributed by atoms with E-state index in [1.54, 1.807) is 0 Å². The molecule has 0 heterocycles. The lowest BCUT2D eigenvalue weighted by Gasteiger charge is -2.26. The van der Waals surface area contributed by atoms with Crippen LogP contribution in [0.5, 0.6) is 0 Å². The van der Waals surface area contributed by atoms with Gasteiger partial charge in [-0.2, -0.15) is 0 Å². The van der Waals surface area contributed by atoms with Gasteiger partial charge >= 0.3 is 11.9 Å². The summed E-state index contributed by atoms with van der Waals surface area (Å²) in [5, 5.41) is 34.9. The van der Waals surface area contributed by atoms with E-state index in [0.29, 0.717) is 50.7 Å². The summed E-state index contributed by atoms with van der Waals surface area (Å²) in [6.07, 6.45) is 6.75. The Morgan fingerprint density at radius 2 is 1.14 bits per heavy atom. The molecule has 0 aromatic carbocycles. The van der Waals surface area contributed by atoms with Crippen LogP contribution in [-0.2, 0) is 9.59 Å². The van der Waals surface area contributed by atoms with E-state index in [1.807, 2.05) is 0 Å². The summed E-state index contributed by atoms with van der Waals surface area (Å²) in [4.78, 5) is 21.1. The van der Waals surface area contributed by atoms with Gasteiger partial charge in [0.1, 0.15) is 0 Å². The van der Waals surface area contributed by atoms with Crippen LogP contribution in [0.4, 0.5) is 0 Å². The molecule has 128 valence electrons. The van der Waals surface area contributed by atoms with Gasteiger partial charge in [0, 0.05) is 13.2 Å². The number of aliphatic carboxylic acids is 2. The molecule has 0 aromatic heterocycles. The van der Waals surface area contributed by atoms with Gasteiger partial charge in [0.25, 0.3) is 0 Å². The lowest BCUT2D eigenvalue weighted by molar-refractivity contribution is -0.147. The Morgan fingerprint density at radius 1 is 0.727 bits per heavy atom. The molecule has 0 radical (unpaired) electrons. The maximum Gasteiger partial charge on any atom is 0.306 e. The number of carboxylic acid groups (broad SMARTS) is 2. The summed E-state index contributed by atoms with van der Waals surface area (Å²) in [5.74, 6) is -1.68. The van der Waals surface area contributed by atoms with E-state index >= 15 is 0 Å². The molecule has 0 aliphatic heterocycles. The van der Waals surface area contributed by atoms with E-state index in [-0.39, 0.29) is 0 Å². The minimum absolute atomic E-state index is 0.296. The Bertz CT molecular complexity index is 327. The van der Waals surface area contributed by atoms with E-state index < -0.39 is 23.8 Å². The van der Waals surface area contributed by atoms with Crippen molar-refractivity contribution in [2.75, 3.05) is 13.2 Å². The fraction of sp³-hybridized carbons (Fsp3) is 0.875. The maximum absolute atomic E-state index is 10.5. The third kappa shape index (κ3) is 6.32. The average Bonchev–Trinajstić information content (AvgIpc) is 2.55. The van der Waals surface area contributed by atoms with E-state index in [9.17, 15) is 9.59 Å². The van der Waals surface area contributed by atoms with Gasteiger partial charge in [0.15, 0.2) is 0 Å². The van der Waals surface area contributed by atoms with Crippen molar-refractivity contribution in [2.24, 2.45) is 23.7 Å². The topological polar surface area (TPSA) is 115 Å². The van der Waals surface area contributed by atoms with Crippen LogP contribution in [0.2, 0.25) is 0 Å². The Hall–Kier alpha value is -1.14. The first kappa shape index (κ1) is 18.9. The summed E-state index contributed by atoms with van der Waals surface area (Å²) in [7, 11) is 0. The molecule has 2 rings (SSSR count). The number of hydrogen-bond acceptors (Lipinski definition) is 4. The van der Waals surface area contributed by atoms with E-state index in [1.165, 1.54) is 6.42 Å². The number of hydrogen-bond donors (Lipinski definition) is 4. The molecule has 6 heteroatoms. The molecule has 0 amide bonds. The van der Waals surface area contributed by atoms with Crippen molar-refractivity contribution in [3.8, 4) is 0 Å². The summed E-state index contributed by atoms with van der Waals surface area (Å²) in [6, 6.07) is 0. The van der Waals surface area contributed by atoms with Crippen LogP contribution in [0.3, 0.4) is 0 Å². The first-order valence-corrected chi connectivity index (χ1v) is 8.15. The average molecular weight is 316 g/mol. The quantitative estimate of drug-likeness (QED) is 0.628. The highest BCUT2D eigenvalue weighted by Crippen LogP contribution is 2.29. The zero-order chi connectivity index (χ0) is 16.5. The van der Waals surface area contributed by atoms with Crippen LogP contribution in [0.25, 0.3) is 0 Å². The largest absolute Gasteiger partial charge is 0.481 e. The van der Waals surface area contributed by atoms with E-state index in [0.717, 1.165) is 19.3 Å². The summed E-state index contributed by atoms with van der Waals surface area (Å²) >= 11 is 0. The highest BCUT2D eigenvalue weighted by Gasteiger charge is 2.30. The van der Waals surface area contributed by atoms with Crippen molar-refractivity contribution < 1.29 is 30.0 Å². The number of carboxylic acids is 2. The lowest BCUT2D eigenvalue weighted by Crippen LogP contribution is -2.26. The molecular weight excluding hydrogens is 288 g/mol. The molecule has 6 nitrogen and oxygen atoms in total. The zero-order valence-corrected chi connectivity index (χ0v) is 13.0. The van der Waals surface area contributed by atoms with Crippen LogP contribution in [-0.4, -0.2) is 45.6 Å². The fourth-order valence-electron chi connectivity index (χ4n) is 3.37. The Balaban J connectivity index is 0.000000224. The Labute approximate surface area is 131 Å². The maximum atomic E-state index is 10.5. The summed E-state index contributed by atoms with van der Waals surface area (Å²) in [5.41, 5.74) is 0. The second-order valence-corrected chi connectivity index (χ2v) is 6.50. The SMILES string of the molecule is O=C(O)C1CCCC(C(=O)O)C1.OCC1CCCC(CO)C1. The van der Waals surface area contributed by atoms with Crippen molar-refractivity contribution in [3.63, 3.8) is 0 Å². The molecule has 2 fully saturated rings. The molecule has 2 aliphatic carbocycles.